The van der Waals surface area contributed by atoms with Gasteiger partial charge in [-0.2, -0.15) is 0 Å². The average Bonchev–Trinajstić information content (AvgIpc) is 2.56. The second-order valence-corrected chi connectivity index (χ2v) is 5.47. The van der Waals surface area contributed by atoms with E-state index < -0.39 is 0 Å². The molecule has 0 saturated carbocycles. The van der Waals surface area contributed by atoms with Gasteiger partial charge in [0.05, 0.1) is 0 Å². The molecule has 4 nitrogen and oxygen atoms in total. The molecule has 1 aromatic heterocycles. The average molecular weight is 282 g/mol. The van der Waals surface area contributed by atoms with Gasteiger partial charge < -0.3 is 0 Å². The van der Waals surface area contributed by atoms with Gasteiger partial charge in [0.25, 0.3) is 0 Å². The predicted molar refractivity (Wildman–Crippen MR) is 87.6 cm³/mol. The highest BCUT2D eigenvalue weighted by Crippen LogP contribution is 2.28. The lowest BCUT2D eigenvalue weighted by molar-refractivity contribution is 0.797. The molecule has 0 fully saturated rings. The monoisotopic (exact) mass is 282 g/mol. The van der Waals surface area contributed by atoms with Gasteiger partial charge in [-0.15, -0.1) is 10.2 Å². The first-order chi connectivity index (χ1) is 10.9. The summed E-state index contributed by atoms with van der Waals surface area (Å²) in [6.07, 6.45) is 0. The van der Waals surface area contributed by atoms with E-state index in [2.05, 4.69) is 69.2 Å². The number of benzene rings is 4. The minimum Gasteiger partial charge on any atom is -0.127 e. The van der Waals surface area contributed by atoms with Crippen LogP contribution in [-0.2, 0) is 0 Å². The van der Waals surface area contributed by atoms with Crippen molar-refractivity contribution in [1.29, 1.82) is 0 Å². The highest BCUT2D eigenvalue weighted by molar-refractivity contribution is 6.07. The third kappa shape index (κ3) is 1.64. The van der Waals surface area contributed by atoms with Crippen LogP contribution in [0.15, 0.2) is 60.7 Å². The van der Waals surface area contributed by atoms with Crippen LogP contribution < -0.4 is 0 Å². The Hall–Kier alpha value is -3.14. The number of aromatic nitrogens is 4. The summed E-state index contributed by atoms with van der Waals surface area (Å²) in [5.41, 5.74) is 1.53. The molecule has 0 N–H and O–H groups in total. The van der Waals surface area contributed by atoms with Crippen molar-refractivity contribution in [2.45, 2.75) is 0 Å². The van der Waals surface area contributed by atoms with Gasteiger partial charge in [-0.05, 0) is 79.1 Å². The van der Waals surface area contributed by atoms with Crippen LogP contribution in [-0.4, -0.2) is 20.6 Å². The van der Waals surface area contributed by atoms with Crippen LogP contribution in [0.25, 0.3) is 43.4 Å². The Kier molecular flexibility index (Phi) is 2.19. The molecule has 0 aliphatic carbocycles. The molecule has 0 spiro atoms. The molecule has 0 aliphatic rings. The van der Waals surface area contributed by atoms with Crippen molar-refractivity contribution in [3.63, 3.8) is 0 Å². The van der Waals surface area contributed by atoms with Gasteiger partial charge in [-0.25, -0.2) is 0 Å². The Labute approximate surface area is 125 Å². The number of fused-ring (bicyclic) bond motifs is 4. The Balaban J connectivity index is 1.93. The summed E-state index contributed by atoms with van der Waals surface area (Å²) in [6, 6.07) is 21.3. The first kappa shape index (κ1) is 11.5. The maximum absolute atomic E-state index is 4.04. The SMILES string of the molecule is c1ccc2cc3cc4cc5nnnnc5cc4cc3cc2c1. The number of hydrogen-bond donors (Lipinski definition) is 0. The van der Waals surface area contributed by atoms with Gasteiger partial charge in [0, 0.05) is 0 Å². The van der Waals surface area contributed by atoms with E-state index in [1.54, 1.807) is 0 Å². The van der Waals surface area contributed by atoms with Crippen LogP contribution >= 0.6 is 0 Å². The van der Waals surface area contributed by atoms with Crippen molar-refractivity contribution in [2.24, 2.45) is 0 Å². The summed E-state index contributed by atoms with van der Waals surface area (Å²) in [6.45, 7) is 0. The highest BCUT2D eigenvalue weighted by Gasteiger charge is 2.04. The smallest absolute Gasteiger partial charge is 0.116 e. The summed E-state index contributed by atoms with van der Waals surface area (Å²) in [7, 11) is 0. The van der Waals surface area contributed by atoms with Gasteiger partial charge >= 0.3 is 0 Å². The lowest BCUT2D eigenvalue weighted by Gasteiger charge is -2.05. The molecule has 5 aromatic rings. The van der Waals surface area contributed by atoms with E-state index in [4.69, 9.17) is 0 Å². The molecule has 0 radical (unpaired) electrons. The summed E-state index contributed by atoms with van der Waals surface area (Å²) in [5.74, 6) is 0. The van der Waals surface area contributed by atoms with Crippen LogP contribution in [0, 0.1) is 0 Å². The van der Waals surface area contributed by atoms with Crippen LogP contribution in [0.1, 0.15) is 0 Å². The van der Waals surface area contributed by atoms with Crippen molar-refractivity contribution < 1.29 is 0 Å². The van der Waals surface area contributed by atoms with E-state index in [1.165, 1.54) is 21.5 Å². The Morgan fingerprint density at radius 3 is 1.36 bits per heavy atom. The van der Waals surface area contributed by atoms with Gasteiger partial charge in [0.2, 0.25) is 0 Å². The zero-order valence-corrected chi connectivity index (χ0v) is 11.6. The molecule has 0 unspecified atom stereocenters. The summed E-state index contributed by atoms with van der Waals surface area (Å²) < 4.78 is 0. The molecule has 0 atom stereocenters. The van der Waals surface area contributed by atoms with E-state index >= 15 is 0 Å². The van der Waals surface area contributed by atoms with E-state index in [0.29, 0.717) is 0 Å². The topological polar surface area (TPSA) is 51.6 Å². The van der Waals surface area contributed by atoms with E-state index in [1.807, 2.05) is 12.1 Å². The van der Waals surface area contributed by atoms with Crippen molar-refractivity contribution in [3.8, 4) is 0 Å². The summed E-state index contributed by atoms with van der Waals surface area (Å²) >= 11 is 0. The van der Waals surface area contributed by atoms with Crippen LogP contribution in [0.5, 0.6) is 0 Å². The third-order valence-corrected chi connectivity index (χ3v) is 4.10. The molecule has 4 heteroatoms. The minimum absolute atomic E-state index is 0.766. The minimum atomic E-state index is 0.766. The lowest BCUT2D eigenvalue weighted by Crippen LogP contribution is -1.92. The van der Waals surface area contributed by atoms with Crippen molar-refractivity contribution >= 4 is 43.4 Å². The van der Waals surface area contributed by atoms with E-state index in [0.717, 1.165) is 21.8 Å². The largest absolute Gasteiger partial charge is 0.127 e. The molecular weight excluding hydrogens is 272 g/mol. The number of hydrogen-bond acceptors (Lipinski definition) is 4. The lowest BCUT2D eigenvalue weighted by atomic mass is 9.99. The molecule has 0 aliphatic heterocycles. The van der Waals surface area contributed by atoms with Gasteiger partial charge in [0.1, 0.15) is 11.0 Å². The van der Waals surface area contributed by atoms with Gasteiger partial charge in [-0.3, -0.25) is 0 Å². The quantitative estimate of drug-likeness (QED) is 0.404. The first-order valence-corrected chi connectivity index (χ1v) is 7.09. The summed E-state index contributed by atoms with van der Waals surface area (Å²) in [4.78, 5) is 0. The van der Waals surface area contributed by atoms with E-state index in [-0.39, 0.29) is 0 Å². The molecule has 1 heterocycles. The van der Waals surface area contributed by atoms with Crippen molar-refractivity contribution in [3.05, 3.63) is 60.7 Å². The second kappa shape index (κ2) is 4.18. The molecule has 5 rings (SSSR count). The zero-order chi connectivity index (χ0) is 14.5. The predicted octanol–water partition coefficient (Wildman–Crippen LogP) is 3.88. The normalized spacial score (nSPS) is 11.6. The molecule has 4 aromatic carbocycles. The molecule has 102 valence electrons. The van der Waals surface area contributed by atoms with Crippen molar-refractivity contribution in [2.75, 3.05) is 0 Å². The fourth-order valence-corrected chi connectivity index (χ4v) is 3.02. The third-order valence-electron chi connectivity index (χ3n) is 4.10. The Morgan fingerprint density at radius 2 is 0.864 bits per heavy atom. The van der Waals surface area contributed by atoms with Crippen molar-refractivity contribution in [1.82, 2.24) is 20.6 Å². The molecular formula is C18H10N4. The molecule has 0 amide bonds. The maximum Gasteiger partial charge on any atom is 0.116 e. The fourth-order valence-electron chi connectivity index (χ4n) is 3.02. The maximum atomic E-state index is 4.04. The van der Waals surface area contributed by atoms with Gasteiger partial charge in [-0.1, -0.05) is 24.3 Å². The second-order valence-electron chi connectivity index (χ2n) is 5.47. The number of rotatable bonds is 0. The fraction of sp³-hybridized carbons (Fsp3) is 0. The van der Waals surface area contributed by atoms with E-state index in [9.17, 15) is 0 Å². The Bertz CT molecular complexity index is 997. The molecule has 0 bridgehead atoms. The van der Waals surface area contributed by atoms with Crippen LogP contribution in [0.4, 0.5) is 0 Å². The Morgan fingerprint density at radius 1 is 0.455 bits per heavy atom. The first-order valence-electron chi connectivity index (χ1n) is 7.09. The van der Waals surface area contributed by atoms with Crippen LogP contribution in [0.2, 0.25) is 0 Å². The molecule has 22 heavy (non-hydrogen) atoms. The standard InChI is InChI=1S/C18H10N4/c1-2-4-12-6-14-8-16-10-18-17(19-21-22-20-18)9-15(16)7-13(14)5-11(12)3-1/h1-10H. The zero-order valence-electron chi connectivity index (χ0n) is 11.6. The highest BCUT2D eigenvalue weighted by atomic mass is 15.4. The summed E-state index contributed by atoms with van der Waals surface area (Å²) in [5, 5.41) is 22.5. The molecule has 0 saturated heterocycles. The van der Waals surface area contributed by atoms with Crippen LogP contribution in [0.3, 0.4) is 0 Å². The van der Waals surface area contributed by atoms with Gasteiger partial charge in [0.15, 0.2) is 0 Å². The number of nitrogens with zero attached hydrogens (tertiary/aromatic N) is 4.